The number of nitrogens with zero attached hydrogens (tertiary/aromatic N) is 3. The first kappa shape index (κ1) is 13.0. The van der Waals surface area contributed by atoms with Crippen molar-refractivity contribution in [3.63, 3.8) is 0 Å². The predicted molar refractivity (Wildman–Crippen MR) is 73.2 cm³/mol. The van der Waals surface area contributed by atoms with Crippen LogP contribution in [0.15, 0.2) is 18.2 Å². The van der Waals surface area contributed by atoms with Crippen LogP contribution in [0.25, 0.3) is 0 Å². The van der Waals surface area contributed by atoms with Crippen molar-refractivity contribution in [2.24, 2.45) is 0 Å². The van der Waals surface area contributed by atoms with Crippen LogP contribution in [0.2, 0.25) is 0 Å². The molecule has 18 heavy (non-hydrogen) atoms. The second kappa shape index (κ2) is 5.48. The molecule has 0 atom stereocenters. The highest BCUT2D eigenvalue weighted by atomic mass is 16.1. The monoisotopic (exact) mass is 247 g/mol. The van der Waals surface area contributed by atoms with E-state index >= 15 is 0 Å². The van der Waals surface area contributed by atoms with Gasteiger partial charge in [0.2, 0.25) is 0 Å². The van der Waals surface area contributed by atoms with Crippen LogP contribution in [0.5, 0.6) is 0 Å². The van der Waals surface area contributed by atoms with Gasteiger partial charge in [0.15, 0.2) is 5.78 Å². The molecule has 1 aromatic heterocycles. The molecule has 98 valence electrons. The van der Waals surface area contributed by atoms with Gasteiger partial charge in [-0.1, -0.05) is 6.07 Å². The third kappa shape index (κ3) is 2.88. The summed E-state index contributed by atoms with van der Waals surface area (Å²) in [6.45, 7) is 10.1. The fourth-order valence-corrected chi connectivity index (χ4v) is 2.26. The molecule has 1 aromatic rings. The number of ketones is 1. The lowest BCUT2D eigenvalue weighted by molar-refractivity contribution is 0.101. The van der Waals surface area contributed by atoms with E-state index in [0.29, 0.717) is 11.7 Å². The van der Waals surface area contributed by atoms with Crippen LogP contribution in [0, 0.1) is 0 Å². The first-order chi connectivity index (χ1) is 8.58. The molecular formula is C14H21N3O. The minimum atomic E-state index is 0.0256. The Morgan fingerprint density at radius 1 is 1.22 bits per heavy atom. The van der Waals surface area contributed by atoms with E-state index in [-0.39, 0.29) is 5.78 Å². The highest BCUT2D eigenvalue weighted by Crippen LogP contribution is 2.15. The molecule has 2 rings (SSSR count). The largest absolute Gasteiger partial charge is 0.354 e. The van der Waals surface area contributed by atoms with E-state index in [0.717, 1.165) is 32.0 Å². The van der Waals surface area contributed by atoms with Crippen LogP contribution in [0.1, 0.15) is 31.3 Å². The predicted octanol–water partition coefficient (Wildman–Crippen LogP) is 1.81. The van der Waals surface area contributed by atoms with E-state index in [1.54, 1.807) is 13.0 Å². The second-order valence-corrected chi connectivity index (χ2v) is 5.05. The lowest BCUT2D eigenvalue weighted by Gasteiger charge is -2.37. The smallest absolute Gasteiger partial charge is 0.178 e. The first-order valence-corrected chi connectivity index (χ1v) is 6.55. The van der Waals surface area contributed by atoms with Crippen molar-refractivity contribution >= 4 is 11.6 Å². The molecule has 0 spiro atoms. The van der Waals surface area contributed by atoms with E-state index in [1.165, 1.54) is 0 Å². The van der Waals surface area contributed by atoms with E-state index in [4.69, 9.17) is 0 Å². The Hall–Kier alpha value is -1.42. The molecule has 0 radical (unpaired) electrons. The highest BCUT2D eigenvalue weighted by Gasteiger charge is 2.19. The number of pyridine rings is 1. The highest BCUT2D eigenvalue weighted by molar-refractivity contribution is 5.92. The van der Waals surface area contributed by atoms with E-state index in [1.807, 2.05) is 12.1 Å². The first-order valence-electron chi connectivity index (χ1n) is 6.55. The quantitative estimate of drug-likeness (QED) is 0.763. The Labute approximate surface area is 109 Å². The molecule has 0 N–H and O–H groups in total. The maximum atomic E-state index is 11.3. The number of carbonyl (C=O) groups excluding carboxylic acids is 1. The van der Waals surface area contributed by atoms with E-state index in [9.17, 15) is 4.79 Å². The average Bonchev–Trinajstić information content (AvgIpc) is 2.39. The van der Waals surface area contributed by atoms with Gasteiger partial charge in [-0.2, -0.15) is 0 Å². The number of Topliss-reactive ketones (excluding diaryl/α,β-unsaturated/α-hetero) is 1. The Morgan fingerprint density at radius 3 is 2.44 bits per heavy atom. The molecule has 0 amide bonds. The van der Waals surface area contributed by atoms with Crippen molar-refractivity contribution in [1.29, 1.82) is 0 Å². The maximum Gasteiger partial charge on any atom is 0.178 e. The maximum absolute atomic E-state index is 11.3. The Balaban J connectivity index is 2.05. The minimum absolute atomic E-state index is 0.0256. The van der Waals surface area contributed by atoms with Gasteiger partial charge in [0.05, 0.1) is 0 Å². The molecule has 4 heteroatoms. The fourth-order valence-electron chi connectivity index (χ4n) is 2.26. The van der Waals surface area contributed by atoms with Gasteiger partial charge in [-0.15, -0.1) is 0 Å². The molecule has 1 aliphatic rings. The zero-order valence-corrected chi connectivity index (χ0v) is 11.4. The van der Waals surface area contributed by atoms with E-state index < -0.39 is 0 Å². The van der Waals surface area contributed by atoms with Crippen molar-refractivity contribution in [3.8, 4) is 0 Å². The molecule has 0 saturated carbocycles. The fraction of sp³-hybridized carbons (Fsp3) is 0.571. The summed E-state index contributed by atoms with van der Waals surface area (Å²) in [5.41, 5.74) is 0.554. The number of piperazine rings is 1. The molecule has 0 unspecified atom stereocenters. The lowest BCUT2D eigenvalue weighted by Crippen LogP contribution is -2.49. The molecule has 2 heterocycles. The Bertz CT molecular complexity index is 423. The standard InChI is InChI=1S/C14H21N3O/c1-11(2)16-7-9-17(10-8-16)14-6-4-5-13(15-14)12(3)18/h4-6,11H,7-10H2,1-3H3. The van der Waals surface area contributed by atoms with Crippen molar-refractivity contribution < 1.29 is 4.79 Å². The van der Waals surface area contributed by atoms with Gasteiger partial charge in [-0.05, 0) is 26.0 Å². The molecule has 1 fully saturated rings. The normalized spacial score (nSPS) is 17.2. The molecule has 0 aliphatic carbocycles. The SMILES string of the molecule is CC(=O)c1cccc(N2CCN(C(C)C)CC2)n1. The number of hydrogen-bond acceptors (Lipinski definition) is 4. The molecule has 1 aliphatic heterocycles. The second-order valence-electron chi connectivity index (χ2n) is 5.05. The van der Waals surface area contributed by atoms with Crippen LogP contribution < -0.4 is 4.90 Å². The molecular weight excluding hydrogens is 226 g/mol. The van der Waals surface area contributed by atoms with Gasteiger partial charge < -0.3 is 4.90 Å². The third-order valence-corrected chi connectivity index (χ3v) is 3.46. The lowest BCUT2D eigenvalue weighted by atomic mass is 10.2. The zero-order valence-electron chi connectivity index (χ0n) is 11.4. The van der Waals surface area contributed by atoms with Crippen LogP contribution in [0.4, 0.5) is 5.82 Å². The number of carbonyl (C=O) groups is 1. The average molecular weight is 247 g/mol. The summed E-state index contributed by atoms with van der Waals surface area (Å²) in [6.07, 6.45) is 0. The summed E-state index contributed by atoms with van der Waals surface area (Å²) in [5, 5.41) is 0. The van der Waals surface area contributed by atoms with Crippen molar-refractivity contribution in [1.82, 2.24) is 9.88 Å². The Morgan fingerprint density at radius 2 is 1.89 bits per heavy atom. The van der Waals surface area contributed by atoms with Gasteiger partial charge in [0.25, 0.3) is 0 Å². The summed E-state index contributed by atoms with van der Waals surface area (Å²) in [4.78, 5) is 20.5. The van der Waals surface area contributed by atoms with Crippen molar-refractivity contribution in [2.45, 2.75) is 26.8 Å². The van der Waals surface area contributed by atoms with Crippen LogP contribution >= 0.6 is 0 Å². The summed E-state index contributed by atoms with van der Waals surface area (Å²) in [6, 6.07) is 6.27. The van der Waals surface area contributed by atoms with Gasteiger partial charge in [-0.3, -0.25) is 9.69 Å². The van der Waals surface area contributed by atoms with Crippen molar-refractivity contribution in [3.05, 3.63) is 23.9 Å². The number of hydrogen-bond donors (Lipinski definition) is 0. The van der Waals surface area contributed by atoms with Crippen LogP contribution in [-0.2, 0) is 0 Å². The van der Waals surface area contributed by atoms with Gasteiger partial charge in [0.1, 0.15) is 11.5 Å². The third-order valence-electron chi connectivity index (χ3n) is 3.46. The number of aromatic nitrogens is 1. The van der Waals surface area contributed by atoms with Crippen LogP contribution in [0.3, 0.4) is 0 Å². The van der Waals surface area contributed by atoms with Gasteiger partial charge >= 0.3 is 0 Å². The topological polar surface area (TPSA) is 36.4 Å². The molecule has 1 saturated heterocycles. The summed E-state index contributed by atoms with van der Waals surface area (Å²) in [7, 11) is 0. The minimum Gasteiger partial charge on any atom is -0.354 e. The van der Waals surface area contributed by atoms with Gasteiger partial charge in [-0.25, -0.2) is 4.98 Å². The molecule has 4 nitrogen and oxygen atoms in total. The van der Waals surface area contributed by atoms with Crippen molar-refractivity contribution in [2.75, 3.05) is 31.1 Å². The van der Waals surface area contributed by atoms with Crippen LogP contribution in [-0.4, -0.2) is 47.9 Å². The molecule has 0 aromatic carbocycles. The molecule has 0 bridgehead atoms. The number of rotatable bonds is 3. The van der Waals surface area contributed by atoms with E-state index in [2.05, 4.69) is 28.6 Å². The number of anilines is 1. The zero-order chi connectivity index (χ0) is 13.1. The summed E-state index contributed by atoms with van der Waals surface area (Å²) >= 11 is 0. The summed E-state index contributed by atoms with van der Waals surface area (Å²) in [5.74, 6) is 0.948. The summed E-state index contributed by atoms with van der Waals surface area (Å²) < 4.78 is 0. The Kier molecular flexibility index (Phi) is 3.97. The van der Waals surface area contributed by atoms with Gasteiger partial charge in [0, 0.05) is 39.1 Å².